The van der Waals surface area contributed by atoms with Crippen molar-refractivity contribution in [3.8, 4) is 0 Å². The van der Waals surface area contributed by atoms with Gasteiger partial charge in [0.25, 0.3) is 0 Å². The molecule has 0 spiro atoms. The van der Waals surface area contributed by atoms with E-state index >= 15 is 0 Å². The summed E-state index contributed by atoms with van der Waals surface area (Å²) in [5, 5.41) is 2.68. The summed E-state index contributed by atoms with van der Waals surface area (Å²) in [6, 6.07) is 7.57. The predicted octanol–water partition coefficient (Wildman–Crippen LogP) is 3.65. The van der Waals surface area contributed by atoms with Crippen molar-refractivity contribution in [1.82, 2.24) is 4.72 Å². The molecule has 0 unspecified atom stereocenters. The summed E-state index contributed by atoms with van der Waals surface area (Å²) in [6.07, 6.45) is 0.204. The van der Waals surface area contributed by atoms with Crippen LogP contribution in [0.2, 0.25) is 0 Å². The monoisotopic (exact) mass is 408 g/mol. The van der Waals surface area contributed by atoms with Gasteiger partial charge >= 0.3 is 0 Å². The zero-order valence-electron chi connectivity index (χ0n) is 15.8. The Bertz CT molecular complexity index is 929. The molecule has 1 heterocycles. The Morgan fingerprint density at radius 2 is 1.70 bits per heavy atom. The van der Waals surface area contributed by atoms with E-state index in [0.717, 1.165) is 9.75 Å². The fourth-order valence-corrected chi connectivity index (χ4v) is 4.78. The predicted molar refractivity (Wildman–Crippen MR) is 108 cm³/mol. The molecule has 0 saturated heterocycles. The van der Waals surface area contributed by atoms with Gasteiger partial charge in [0.15, 0.2) is 5.78 Å². The van der Waals surface area contributed by atoms with E-state index in [-0.39, 0.29) is 35.5 Å². The summed E-state index contributed by atoms with van der Waals surface area (Å²) in [6.45, 7) is 7.33. The van der Waals surface area contributed by atoms with E-state index in [1.54, 1.807) is 25.2 Å². The first-order chi connectivity index (χ1) is 12.6. The third-order valence-corrected chi connectivity index (χ3v) is 6.40. The Kier molecular flexibility index (Phi) is 6.91. The molecule has 0 saturated carbocycles. The number of hydrogen-bond acceptors (Lipinski definition) is 5. The molecule has 0 aliphatic heterocycles. The van der Waals surface area contributed by atoms with Crippen molar-refractivity contribution in [2.75, 3.05) is 5.32 Å². The van der Waals surface area contributed by atoms with Crippen LogP contribution in [0.15, 0.2) is 35.2 Å². The van der Waals surface area contributed by atoms with Crippen LogP contribution in [-0.4, -0.2) is 26.2 Å². The van der Waals surface area contributed by atoms with Gasteiger partial charge in [-0.3, -0.25) is 9.59 Å². The fourth-order valence-electron chi connectivity index (χ4n) is 2.59. The molecule has 1 aromatic heterocycles. The lowest BCUT2D eigenvalue weighted by Crippen LogP contribution is -2.30. The largest absolute Gasteiger partial charge is 0.326 e. The number of carbonyl (C=O) groups excluding carboxylic acids is 2. The summed E-state index contributed by atoms with van der Waals surface area (Å²) in [4.78, 5) is 26.5. The number of rotatable bonds is 8. The van der Waals surface area contributed by atoms with Crippen LogP contribution >= 0.6 is 11.3 Å². The van der Waals surface area contributed by atoms with Crippen molar-refractivity contribution in [3.63, 3.8) is 0 Å². The maximum Gasteiger partial charge on any atom is 0.240 e. The van der Waals surface area contributed by atoms with Crippen LogP contribution in [0.3, 0.4) is 0 Å². The molecule has 0 radical (unpaired) electrons. The van der Waals surface area contributed by atoms with Crippen LogP contribution in [0.4, 0.5) is 5.69 Å². The molecule has 146 valence electrons. The minimum absolute atomic E-state index is 0.0480. The molecule has 0 bridgehead atoms. The Balaban J connectivity index is 1.92. The van der Waals surface area contributed by atoms with Gasteiger partial charge in [-0.1, -0.05) is 0 Å². The minimum Gasteiger partial charge on any atom is -0.326 e. The van der Waals surface area contributed by atoms with Crippen LogP contribution < -0.4 is 10.0 Å². The van der Waals surface area contributed by atoms with E-state index in [9.17, 15) is 18.0 Å². The number of thiophene rings is 1. The number of Topliss-reactive ketones (excluding diaryl/α,β-unsaturated/α-hetero) is 1. The van der Waals surface area contributed by atoms with E-state index in [4.69, 9.17) is 0 Å². The summed E-state index contributed by atoms with van der Waals surface area (Å²) in [5.74, 6) is -0.336. The van der Waals surface area contributed by atoms with E-state index in [0.29, 0.717) is 11.3 Å². The second-order valence-electron chi connectivity index (χ2n) is 6.60. The summed E-state index contributed by atoms with van der Waals surface area (Å²) in [5.41, 5.74) is 1.16. The molecule has 0 aliphatic rings. The number of amides is 1. The molecule has 6 nitrogen and oxygen atoms in total. The Morgan fingerprint density at radius 3 is 2.22 bits per heavy atom. The van der Waals surface area contributed by atoms with E-state index in [2.05, 4.69) is 10.0 Å². The molecular formula is C19H24N2O4S2. The van der Waals surface area contributed by atoms with Crippen LogP contribution in [-0.2, 0) is 14.8 Å². The van der Waals surface area contributed by atoms with Gasteiger partial charge in [-0.2, -0.15) is 0 Å². The lowest BCUT2D eigenvalue weighted by atomic mass is 10.1. The summed E-state index contributed by atoms with van der Waals surface area (Å²) in [7, 11) is -3.57. The molecular weight excluding hydrogens is 384 g/mol. The summed E-state index contributed by atoms with van der Waals surface area (Å²) >= 11 is 1.57. The lowest BCUT2D eigenvalue weighted by Gasteiger charge is -2.10. The van der Waals surface area contributed by atoms with E-state index in [1.165, 1.54) is 24.3 Å². The average Bonchev–Trinajstić information content (AvgIpc) is 2.90. The van der Waals surface area contributed by atoms with Gasteiger partial charge in [-0.25, -0.2) is 13.1 Å². The maximum absolute atomic E-state index is 12.2. The molecule has 1 amide bonds. The lowest BCUT2D eigenvalue weighted by molar-refractivity contribution is -0.116. The Morgan fingerprint density at radius 1 is 1.07 bits per heavy atom. The molecule has 2 rings (SSSR count). The van der Waals surface area contributed by atoms with Gasteiger partial charge in [0, 0.05) is 39.9 Å². The molecule has 0 aliphatic carbocycles. The number of sulfonamides is 1. The number of aryl methyl sites for hydroxylation is 2. The molecule has 0 fully saturated rings. The van der Waals surface area contributed by atoms with Gasteiger partial charge in [0.2, 0.25) is 15.9 Å². The van der Waals surface area contributed by atoms with Gasteiger partial charge < -0.3 is 5.32 Å². The molecule has 27 heavy (non-hydrogen) atoms. The molecule has 1 aromatic carbocycles. The van der Waals surface area contributed by atoms with Crippen molar-refractivity contribution in [3.05, 3.63) is 45.6 Å². The number of anilines is 1. The first-order valence-corrected chi connectivity index (χ1v) is 10.9. The van der Waals surface area contributed by atoms with Crippen molar-refractivity contribution >= 4 is 38.7 Å². The smallest absolute Gasteiger partial charge is 0.240 e. The SMILES string of the molecule is Cc1cc(C(=O)CCC(=O)Nc2ccc(S(=O)(=O)NC(C)C)cc2)c(C)s1. The minimum atomic E-state index is -3.57. The highest BCUT2D eigenvalue weighted by molar-refractivity contribution is 7.89. The van der Waals surface area contributed by atoms with Crippen molar-refractivity contribution in [2.45, 2.75) is 51.5 Å². The first kappa shape index (κ1) is 21.3. The normalized spacial score (nSPS) is 11.6. The van der Waals surface area contributed by atoms with Crippen LogP contribution in [0.5, 0.6) is 0 Å². The molecule has 2 N–H and O–H groups in total. The number of carbonyl (C=O) groups is 2. The zero-order chi connectivity index (χ0) is 20.2. The van der Waals surface area contributed by atoms with E-state index < -0.39 is 10.0 Å². The number of benzene rings is 1. The van der Waals surface area contributed by atoms with Crippen LogP contribution in [0, 0.1) is 13.8 Å². The number of nitrogens with one attached hydrogen (secondary N) is 2. The number of hydrogen-bond donors (Lipinski definition) is 2. The highest BCUT2D eigenvalue weighted by atomic mass is 32.2. The average molecular weight is 409 g/mol. The Hall–Kier alpha value is -2.03. The molecule has 2 aromatic rings. The quantitative estimate of drug-likeness (QED) is 0.652. The van der Waals surface area contributed by atoms with Gasteiger partial charge in [-0.15, -0.1) is 11.3 Å². The van der Waals surface area contributed by atoms with Crippen LogP contribution in [0.25, 0.3) is 0 Å². The van der Waals surface area contributed by atoms with Crippen LogP contribution in [0.1, 0.15) is 46.8 Å². The van der Waals surface area contributed by atoms with E-state index in [1.807, 2.05) is 19.9 Å². The van der Waals surface area contributed by atoms with Crippen molar-refractivity contribution < 1.29 is 18.0 Å². The summed E-state index contributed by atoms with van der Waals surface area (Å²) < 4.78 is 26.7. The molecule has 0 atom stereocenters. The first-order valence-electron chi connectivity index (χ1n) is 8.61. The third kappa shape index (κ3) is 5.98. The van der Waals surface area contributed by atoms with Crippen molar-refractivity contribution in [1.29, 1.82) is 0 Å². The van der Waals surface area contributed by atoms with Gasteiger partial charge in [0.05, 0.1) is 4.90 Å². The van der Waals surface area contributed by atoms with Crippen molar-refractivity contribution in [2.24, 2.45) is 0 Å². The maximum atomic E-state index is 12.2. The second-order valence-corrected chi connectivity index (χ2v) is 9.77. The van der Waals surface area contributed by atoms with Gasteiger partial charge in [-0.05, 0) is 58.0 Å². The molecule has 8 heteroatoms. The zero-order valence-corrected chi connectivity index (χ0v) is 17.5. The topological polar surface area (TPSA) is 92.3 Å². The third-order valence-electron chi connectivity index (χ3n) is 3.76. The standard InChI is InChI=1S/C19H24N2O4S2/c1-12(2)21-27(24,25)16-7-5-15(6-8-16)20-19(23)10-9-18(22)17-11-13(3)26-14(17)4/h5-8,11-12,21H,9-10H2,1-4H3,(H,20,23). The highest BCUT2D eigenvalue weighted by Gasteiger charge is 2.16. The van der Waals surface area contributed by atoms with Gasteiger partial charge in [0.1, 0.15) is 0 Å². The highest BCUT2D eigenvalue weighted by Crippen LogP contribution is 2.22. The fraction of sp³-hybridized carbons (Fsp3) is 0.368. The second kappa shape index (κ2) is 8.77. The Labute approximate surface area is 164 Å². The number of ketones is 1.